The van der Waals surface area contributed by atoms with Gasteiger partial charge >= 0.3 is 7.75 Å². The Morgan fingerprint density at radius 2 is 1.53 bits per heavy atom. The molecule has 0 saturated carbocycles. The third-order valence-electron chi connectivity index (χ3n) is 7.17. The van der Waals surface area contributed by atoms with E-state index in [1.807, 2.05) is 48.5 Å². The van der Waals surface area contributed by atoms with Crippen LogP contribution >= 0.6 is 23.7 Å². The summed E-state index contributed by atoms with van der Waals surface area (Å²) in [4.78, 5) is 2.09. The molecule has 2 aliphatic rings. The van der Waals surface area contributed by atoms with Gasteiger partial charge < -0.3 is 28.5 Å². The van der Waals surface area contributed by atoms with E-state index in [2.05, 4.69) is 33.8 Å². The third kappa shape index (κ3) is 6.80. The largest absolute Gasteiger partial charge is 0.564 e. The average Bonchev–Trinajstić information content (AvgIpc) is 3.46. The Morgan fingerprint density at radius 1 is 0.930 bits per heavy atom. The first-order valence-electron chi connectivity index (χ1n) is 13.8. The van der Waals surface area contributed by atoms with Crippen molar-refractivity contribution in [2.24, 2.45) is 4.76 Å². The fourth-order valence-corrected chi connectivity index (χ4v) is 6.80. The predicted octanol–water partition coefficient (Wildman–Crippen LogP) is 8.01. The number of fused-ring (bicyclic) bond motifs is 1. The highest BCUT2D eigenvalue weighted by Gasteiger charge is 2.34. The topological polar surface area (TPSA) is 89.8 Å². The van der Waals surface area contributed by atoms with Gasteiger partial charge in [-0.05, 0) is 65.6 Å². The summed E-state index contributed by atoms with van der Waals surface area (Å²) in [5, 5.41) is 9.53. The highest BCUT2D eigenvalue weighted by atomic mass is 79.9. The molecule has 6 rings (SSSR count). The summed E-state index contributed by atoms with van der Waals surface area (Å²) < 4.78 is 43.4. The molecule has 1 atom stereocenters. The Kier molecular flexibility index (Phi) is 8.56. The van der Waals surface area contributed by atoms with Crippen molar-refractivity contribution in [2.45, 2.75) is 32.5 Å². The van der Waals surface area contributed by atoms with Gasteiger partial charge in [-0.25, -0.2) is 4.57 Å². The van der Waals surface area contributed by atoms with E-state index in [1.54, 1.807) is 48.5 Å². The fraction of sp³-hybridized carbons (Fsp3) is 0.182. The quantitative estimate of drug-likeness (QED) is 0.182. The summed E-state index contributed by atoms with van der Waals surface area (Å²) in [5.74, 6) is 2.68. The summed E-state index contributed by atoms with van der Waals surface area (Å²) in [7, 11) is -4.13. The summed E-state index contributed by atoms with van der Waals surface area (Å²) in [6, 6.07) is 29.3. The molecule has 1 unspecified atom stereocenters. The molecule has 0 amide bonds. The number of aliphatic hydroxyl groups is 1. The zero-order chi connectivity index (χ0) is 29.8. The highest BCUT2D eigenvalue weighted by molar-refractivity contribution is 9.10. The first kappa shape index (κ1) is 29.1. The van der Waals surface area contributed by atoms with Crippen molar-refractivity contribution in [3.8, 4) is 23.0 Å². The fourth-order valence-electron chi connectivity index (χ4n) is 4.99. The Hall–Kier alpha value is -4.04. The lowest BCUT2D eigenvalue weighted by Gasteiger charge is -2.36. The van der Waals surface area contributed by atoms with E-state index in [4.69, 9.17) is 23.3 Å². The van der Waals surface area contributed by atoms with E-state index < -0.39 is 7.75 Å². The molecule has 0 fully saturated rings. The molecule has 43 heavy (non-hydrogen) atoms. The Bertz CT molecular complexity index is 1650. The van der Waals surface area contributed by atoms with Crippen LogP contribution in [0.1, 0.15) is 30.0 Å². The predicted molar refractivity (Wildman–Crippen MR) is 169 cm³/mol. The van der Waals surface area contributed by atoms with Crippen molar-refractivity contribution in [1.29, 1.82) is 0 Å². The maximum absolute atomic E-state index is 14.5. The van der Waals surface area contributed by atoms with Crippen LogP contribution in [-0.2, 0) is 17.7 Å². The zero-order valence-corrected chi connectivity index (χ0v) is 25.9. The second-order valence-corrected chi connectivity index (χ2v) is 12.5. The number of amidine groups is 1. The van der Waals surface area contributed by atoms with Gasteiger partial charge in [0.1, 0.15) is 17.3 Å². The molecular weight excluding hydrogens is 631 g/mol. The van der Waals surface area contributed by atoms with Crippen molar-refractivity contribution >= 4 is 35.1 Å². The van der Waals surface area contributed by atoms with Gasteiger partial charge in [-0.1, -0.05) is 82.7 Å². The maximum atomic E-state index is 14.5. The lowest BCUT2D eigenvalue weighted by Crippen LogP contribution is -2.40. The van der Waals surface area contributed by atoms with Crippen LogP contribution in [0.3, 0.4) is 0 Å². The van der Waals surface area contributed by atoms with Gasteiger partial charge in [-0.3, -0.25) is 0 Å². The molecule has 220 valence electrons. The molecule has 0 aliphatic carbocycles. The number of halogens is 1. The SMILES string of the molecule is CC1C=C(c2ccc(CO)cc2)C/C(=N/P(=O)(Oc2ccccc2)Oc2ccccc2)N1Cc1cc2c(cc1Br)OCO2. The number of nitrogens with zero attached hydrogens (tertiary/aromatic N) is 2. The van der Waals surface area contributed by atoms with Gasteiger partial charge in [0.05, 0.1) is 6.61 Å². The maximum Gasteiger partial charge on any atom is 0.564 e. The van der Waals surface area contributed by atoms with Crippen molar-refractivity contribution in [2.75, 3.05) is 6.79 Å². The Balaban J connectivity index is 1.42. The van der Waals surface area contributed by atoms with Crippen LogP contribution in [-0.4, -0.2) is 28.7 Å². The van der Waals surface area contributed by atoms with E-state index in [0.717, 1.165) is 26.7 Å². The molecule has 0 bridgehead atoms. The molecule has 4 aromatic rings. The summed E-state index contributed by atoms with van der Waals surface area (Å²) >= 11 is 3.69. The van der Waals surface area contributed by atoms with Crippen LogP contribution in [0, 0.1) is 0 Å². The summed E-state index contributed by atoms with van der Waals surface area (Å²) in [6.45, 7) is 2.66. The number of aliphatic hydroxyl groups excluding tert-OH is 1. The van der Waals surface area contributed by atoms with Gasteiger partial charge in [0.2, 0.25) is 6.79 Å². The van der Waals surface area contributed by atoms with Crippen LogP contribution < -0.4 is 18.5 Å². The third-order valence-corrected chi connectivity index (χ3v) is 9.27. The number of benzene rings is 4. The van der Waals surface area contributed by atoms with E-state index >= 15 is 0 Å². The van der Waals surface area contributed by atoms with Crippen molar-refractivity contribution in [1.82, 2.24) is 4.90 Å². The minimum Gasteiger partial charge on any atom is -0.454 e. The summed E-state index contributed by atoms with van der Waals surface area (Å²) in [5.41, 5.74) is 3.79. The van der Waals surface area contributed by atoms with E-state index in [1.165, 1.54) is 0 Å². The number of para-hydroxylation sites is 2. The van der Waals surface area contributed by atoms with Crippen LogP contribution in [0.2, 0.25) is 0 Å². The molecular formula is C33H30BrN2O6P. The lowest BCUT2D eigenvalue weighted by atomic mass is 9.94. The van der Waals surface area contributed by atoms with Gasteiger partial charge in [-0.2, -0.15) is 0 Å². The highest BCUT2D eigenvalue weighted by Crippen LogP contribution is 2.51. The van der Waals surface area contributed by atoms with Gasteiger partial charge in [0.25, 0.3) is 0 Å². The smallest absolute Gasteiger partial charge is 0.454 e. The second kappa shape index (κ2) is 12.7. The molecule has 4 aromatic carbocycles. The molecule has 1 N–H and O–H groups in total. The first-order valence-corrected chi connectivity index (χ1v) is 16.1. The number of hydrogen-bond acceptors (Lipinski definition) is 6. The molecule has 2 aliphatic heterocycles. The summed E-state index contributed by atoms with van der Waals surface area (Å²) in [6.07, 6.45) is 2.56. The van der Waals surface area contributed by atoms with E-state index in [9.17, 15) is 9.67 Å². The van der Waals surface area contributed by atoms with Crippen molar-refractivity contribution in [3.05, 3.63) is 124 Å². The standard InChI is InChI=1S/C33H30BrN2O6P/c1-23-16-26(25-14-12-24(21-37)13-15-25)18-33(36(23)20-27-17-31-32(19-30(27)34)40-22-39-31)35-43(38,41-28-8-4-2-5-9-28)42-29-10-6-3-7-11-29/h2-17,19,23,37H,18,20-22H2,1H3/b35-33-. The van der Waals surface area contributed by atoms with E-state index in [-0.39, 0.29) is 19.4 Å². The molecule has 0 aromatic heterocycles. The van der Waals surface area contributed by atoms with Crippen LogP contribution in [0.5, 0.6) is 23.0 Å². The van der Waals surface area contributed by atoms with E-state index in [0.29, 0.717) is 41.8 Å². The zero-order valence-electron chi connectivity index (χ0n) is 23.4. The minimum atomic E-state index is -4.13. The average molecular weight is 661 g/mol. The lowest BCUT2D eigenvalue weighted by molar-refractivity contribution is 0.174. The molecule has 0 radical (unpaired) electrons. The minimum absolute atomic E-state index is 0.0303. The molecule has 10 heteroatoms. The molecule has 0 spiro atoms. The monoisotopic (exact) mass is 660 g/mol. The number of hydrogen-bond donors (Lipinski definition) is 1. The molecule has 8 nitrogen and oxygen atoms in total. The second-order valence-electron chi connectivity index (χ2n) is 10.2. The van der Waals surface area contributed by atoms with Crippen LogP contribution in [0.25, 0.3) is 5.57 Å². The van der Waals surface area contributed by atoms with Crippen LogP contribution in [0.4, 0.5) is 0 Å². The van der Waals surface area contributed by atoms with Gasteiger partial charge in [-0.15, -0.1) is 4.76 Å². The Labute approximate surface area is 258 Å². The normalized spacial score (nSPS) is 17.1. The molecule has 2 heterocycles. The first-order chi connectivity index (χ1) is 20.9. The Morgan fingerprint density at radius 3 is 2.14 bits per heavy atom. The number of ether oxygens (including phenoxy) is 2. The van der Waals surface area contributed by atoms with Crippen LogP contribution in [0.15, 0.2) is 112 Å². The number of rotatable bonds is 9. The van der Waals surface area contributed by atoms with Crippen molar-refractivity contribution < 1.29 is 28.2 Å². The van der Waals surface area contributed by atoms with Gasteiger partial charge in [0, 0.05) is 23.5 Å². The molecule has 0 saturated heterocycles. The van der Waals surface area contributed by atoms with Crippen molar-refractivity contribution in [3.63, 3.8) is 0 Å². The van der Waals surface area contributed by atoms with Gasteiger partial charge in [0.15, 0.2) is 11.5 Å².